The first-order valence-corrected chi connectivity index (χ1v) is 12.2. The number of amides is 2. The number of hydrogen-bond acceptors (Lipinski definition) is 5. The first-order valence-electron chi connectivity index (χ1n) is 10.7. The number of halogens is 2. The summed E-state index contributed by atoms with van der Waals surface area (Å²) < 4.78 is 59.9. The minimum absolute atomic E-state index is 0.00805. The smallest absolute Gasteiger partial charge is 0.254 e. The second-order valence-electron chi connectivity index (χ2n) is 8.26. The lowest BCUT2D eigenvalue weighted by molar-refractivity contribution is -0.135. The Morgan fingerprint density at radius 1 is 0.941 bits per heavy atom. The predicted molar refractivity (Wildman–Crippen MR) is 121 cm³/mol. The summed E-state index contributed by atoms with van der Waals surface area (Å²) in [6.45, 7) is 4.20. The molecule has 3 rings (SSSR count). The van der Waals surface area contributed by atoms with E-state index < -0.39 is 39.5 Å². The van der Waals surface area contributed by atoms with Crippen molar-refractivity contribution in [3.8, 4) is 5.75 Å². The molecule has 0 saturated carbocycles. The number of sulfonamides is 1. The van der Waals surface area contributed by atoms with E-state index in [0.29, 0.717) is 5.75 Å². The van der Waals surface area contributed by atoms with Gasteiger partial charge in [-0.25, -0.2) is 17.2 Å². The van der Waals surface area contributed by atoms with Crippen LogP contribution >= 0.6 is 0 Å². The van der Waals surface area contributed by atoms with Crippen molar-refractivity contribution in [3.05, 3.63) is 59.7 Å². The van der Waals surface area contributed by atoms with Gasteiger partial charge >= 0.3 is 0 Å². The van der Waals surface area contributed by atoms with Crippen LogP contribution in [-0.4, -0.2) is 69.4 Å². The molecule has 8 nitrogen and oxygen atoms in total. The molecule has 0 radical (unpaired) electrons. The van der Waals surface area contributed by atoms with Gasteiger partial charge in [0, 0.05) is 31.7 Å². The molecule has 0 spiro atoms. The molecule has 1 aliphatic heterocycles. The Morgan fingerprint density at radius 3 is 2.06 bits per heavy atom. The fourth-order valence-corrected chi connectivity index (χ4v) is 4.94. The Bertz CT molecular complexity index is 1150. The van der Waals surface area contributed by atoms with E-state index in [2.05, 4.69) is 4.72 Å². The largest absolute Gasteiger partial charge is 0.497 e. The molecular formula is C23H27F2N3O5S. The number of hydrogen-bond donors (Lipinski definition) is 1. The van der Waals surface area contributed by atoms with Crippen molar-refractivity contribution in [2.24, 2.45) is 5.92 Å². The summed E-state index contributed by atoms with van der Waals surface area (Å²) in [5, 5.41) is 0. The maximum atomic E-state index is 13.5. The minimum Gasteiger partial charge on any atom is -0.497 e. The lowest BCUT2D eigenvalue weighted by Gasteiger charge is -2.37. The van der Waals surface area contributed by atoms with Crippen LogP contribution in [0.3, 0.4) is 0 Å². The number of nitrogens with zero attached hydrogens (tertiary/aromatic N) is 2. The van der Waals surface area contributed by atoms with Gasteiger partial charge in [0.25, 0.3) is 5.91 Å². The van der Waals surface area contributed by atoms with Gasteiger partial charge in [-0.05, 0) is 48.4 Å². The molecule has 1 aliphatic rings. The molecule has 2 aromatic carbocycles. The number of ether oxygens (including phenoxy) is 1. The van der Waals surface area contributed by atoms with E-state index in [1.807, 2.05) is 0 Å². The Labute approximate surface area is 197 Å². The van der Waals surface area contributed by atoms with Gasteiger partial charge in [0.2, 0.25) is 15.9 Å². The average Bonchev–Trinajstić information content (AvgIpc) is 2.83. The highest BCUT2D eigenvalue weighted by molar-refractivity contribution is 7.89. The Hall–Kier alpha value is -3.05. The third kappa shape index (κ3) is 5.71. The minimum atomic E-state index is -3.96. The monoisotopic (exact) mass is 495 g/mol. The van der Waals surface area contributed by atoms with Gasteiger partial charge in [-0.1, -0.05) is 13.8 Å². The molecule has 0 unspecified atom stereocenters. The van der Waals surface area contributed by atoms with Crippen molar-refractivity contribution in [2.45, 2.75) is 24.8 Å². The van der Waals surface area contributed by atoms with Crippen LogP contribution in [0.25, 0.3) is 0 Å². The Balaban J connectivity index is 1.66. The van der Waals surface area contributed by atoms with E-state index in [1.54, 1.807) is 13.8 Å². The Kier molecular flexibility index (Phi) is 7.88. The van der Waals surface area contributed by atoms with E-state index in [9.17, 15) is 26.8 Å². The van der Waals surface area contributed by atoms with Crippen LogP contribution in [0, 0.1) is 17.6 Å². The van der Waals surface area contributed by atoms with Crippen molar-refractivity contribution in [2.75, 3.05) is 33.3 Å². The fraction of sp³-hybridized carbons (Fsp3) is 0.391. The molecule has 1 fully saturated rings. The molecule has 2 aromatic rings. The average molecular weight is 496 g/mol. The molecule has 0 aliphatic carbocycles. The van der Waals surface area contributed by atoms with Gasteiger partial charge in [0.1, 0.15) is 11.8 Å². The molecule has 1 atom stereocenters. The normalized spacial score (nSPS) is 15.4. The molecule has 0 bridgehead atoms. The highest BCUT2D eigenvalue weighted by atomic mass is 32.2. The molecule has 184 valence electrons. The van der Waals surface area contributed by atoms with Crippen molar-refractivity contribution in [3.63, 3.8) is 0 Å². The SMILES string of the molecule is COc1ccc(S(=O)(=O)N[C@H](C(=O)N2CCN(C(=O)c3ccc(F)c(F)c3)CC2)C(C)C)cc1. The van der Waals surface area contributed by atoms with Gasteiger partial charge in [0.15, 0.2) is 11.6 Å². The van der Waals surface area contributed by atoms with E-state index in [1.165, 1.54) is 47.2 Å². The number of nitrogens with one attached hydrogen (secondary N) is 1. The summed E-state index contributed by atoms with van der Waals surface area (Å²) in [4.78, 5) is 28.7. The zero-order valence-corrected chi connectivity index (χ0v) is 19.9. The highest BCUT2D eigenvalue weighted by Gasteiger charge is 2.34. The second-order valence-corrected chi connectivity index (χ2v) is 9.98. The number of carbonyl (C=O) groups is 2. The van der Waals surface area contributed by atoms with Crippen LogP contribution in [0.2, 0.25) is 0 Å². The molecule has 34 heavy (non-hydrogen) atoms. The molecule has 2 amide bonds. The third-order valence-electron chi connectivity index (χ3n) is 5.63. The van der Waals surface area contributed by atoms with E-state index in [4.69, 9.17) is 4.74 Å². The van der Waals surface area contributed by atoms with Crippen LogP contribution in [-0.2, 0) is 14.8 Å². The van der Waals surface area contributed by atoms with E-state index in [0.717, 1.165) is 12.1 Å². The topological polar surface area (TPSA) is 96.0 Å². The fourth-order valence-electron chi connectivity index (χ4n) is 3.60. The lowest BCUT2D eigenvalue weighted by Crippen LogP contribution is -2.57. The summed E-state index contributed by atoms with van der Waals surface area (Å²) >= 11 is 0. The number of benzene rings is 2. The standard InChI is InChI=1S/C23H27F2N3O5S/c1-15(2)21(26-34(31,32)18-7-5-17(33-3)6-8-18)23(30)28-12-10-27(11-13-28)22(29)16-4-9-19(24)20(25)14-16/h4-9,14-15,21,26H,10-13H2,1-3H3/t21-/m0/s1. The van der Waals surface area contributed by atoms with Gasteiger partial charge in [-0.2, -0.15) is 4.72 Å². The van der Waals surface area contributed by atoms with E-state index >= 15 is 0 Å². The van der Waals surface area contributed by atoms with Gasteiger partial charge < -0.3 is 14.5 Å². The van der Waals surface area contributed by atoms with Crippen molar-refractivity contribution >= 4 is 21.8 Å². The number of carbonyl (C=O) groups excluding carboxylic acids is 2. The number of methoxy groups -OCH3 is 1. The van der Waals surface area contributed by atoms with Crippen LogP contribution in [0.15, 0.2) is 47.4 Å². The number of rotatable bonds is 7. The molecule has 11 heteroatoms. The predicted octanol–water partition coefficient (Wildman–Crippen LogP) is 2.26. The quantitative estimate of drug-likeness (QED) is 0.636. The van der Waals surface area contributed by atoms with E-state index in [-0.39, 0.29) is 42.6 Å². The van der Waals surface area contributed by atoms with Crippen LogP contribution in [0.1, 0.15) is 24.2 Å². The number of piperazine rings is 1. The molecule has 1 N–H and O–H groups in total. The summed E-state index contributed by atoms with van der Waals surface area (Å²) in [6.07, 6.45) is 0. The molecule has 1 heterocycles. The first-order chi connectivity index (χ1) is 16.0. The molecule has 0 aromatic heterocycles. The lowest BCUT2D eigenvalue weighted by atomic mass is 10.0. The maximum Gasteiger partial charge on any atom is 0.254 e. The highest BCUT2D eigenvalue weighted by Crippen LogP contribution is 2.19. The summed E-state index contributed by atoms with van der Waals surface area (Å²) in [6, 6.07) is 7.77. The summed E-state index contributed by atoms with van der Waals surface area (Å²) in [7, 11) is -2.49. The van der Waals surface area contributed by atoms with Gasteiger partial charge in [-0.3, -0.25) is 9.59 Å². The van der Waals surface area contributed by atoms with Crippen LogP contribution < -0.4 is 9.46 Å². The van der Waals surface area contributed by atoms with Crippen LogP contribution in [0.5, 0.6) is 5.75 Å². The van der Waals surface area contributed by atoms with Crippen molar-refractivity contribution in [1.82, 2.24) is 14.5 Å². The zero-order valence-electron chi connectivity index (χ0n) is 19.1. The van der Waals surface area contributed by atoms with Crippen molar-refractivity contribution in [1.29, 1.82) is 0 Å². The maximum absolute atomic E-state index is 13.5. The second kappa shape index (κ2) is 10.5. The van der Waals surface area contributed by atoms with Crippen molar-refractivity contribution < 1.29 is 31.5 Å². The third-order valence-corrected chi connectivity index (χ3v) is 7.09. The zero-order chi connectivity index (χ0) is 25.0. The van der Waals surface area contributed by atoms with Gasteiger partial charge in [0.05, 0.1) is 12.0 Å². The molecule has 1 saturated heterocycles. The first kappa shape index (κ1) is 25.6. The Morgan fingerprint density at radius 2 is 1.53 bits per heavy atom. The molecular weight excluding hydrogens is 468 g/mol. The summed E-state index contributed by atoms with van der Waals surface area (Å²) in [5.74, 6) is -2.83. The summed E-state index contributed by atoms with van der Waals surface area (Å²) in [5.41, 5.74) is 0.0194. The van der Waals surface area contributed by atoms with Gasteiger partial charge in [-0.15, -0.1) is 0 Å². The van der Waals surface area contributed by atoms with Crippen LogP contribution in [0.4, 0.5) is 8.78 Å².